The maximum absolute atomic E-state index is 12.1. The van der Waals surface area contributed by atoms with Gasteiger partial charge in [0.05, 0.1) is 11.7 Å². The quantitative estimate of drug-likeness (QED) is 0.502. The van der Waals surface area contributed by atoms with Crippen LogP contribution in [0.5, 0.6) is 0 Å². The monoisotopic (exact) mass is 375 g/mol. The first-order valence-electron chi connectivity index (χ1n) is 9.27. The van der Waals surface area contributed by atoms with E-state index in [-0.39, 0.29) is 12.3 Å². The molecule has 3 heterocycles. The van der Waals surface area contributed by atoms with Crippen LogP contribution < -0.4 is 5.32 Å². The van der Waals surface area contributed by atoms with Crippen molar-refractivity contribution in [3.05, 3.63) is 72.1 Å². The number of hydrogen-bond donors (Lipinski definition) is 1. The lowest BCUT2D eigenvalue weighted by Gasteiger charge is -2.04. The summed E-state index contributed by atoms with van der Waals surface area (Å²) < 4.78 is 7.29. The maximum atomic E-state index is 12.1. The van der Waals surface area contributed by atoms with E-state index in [4.69, 9.17) is 4.52 Å². The summed E-state index contributed by atoms with van der Waals surface area (Å²) >= 11 is 0. The summed E-state index contributed by atoms with van der Waals surface area (Å²) in [5.74, 6) is 1.68. The van der Waals surface area contributed by atoms with E-state index in [2.05, 4.69) is 24.8 Å². The molecule has 4 aromatic rings. The highest BCUT2D eigenvalue weighted by Crippen LogP contribution is 2.19. The third kappa shape index (κ3) is 3.93. The zero-order valence-electron chi connectivity index (χ0n) is 15.6. The molecule has 0 aliphatic heterocycles. The van der Waals surface area contributed by atoms with Crippen LogP contribution in [-0.2, 0) is 17.6 Å². The second kappa shape index (κ2) is 8.04. The number of hydrogen-bond acceptors (Lipinski definition) is 5. The van der Waals surface area contributed by atoms with Crippen LogP contribution in [0.2, 0.25) is 0 Å². The van der Waals surface area contributed by atoms with E-state index in [1.54, 1.807) is 0 Å². The molecule has 0 fully saturated rings. The van der Waals surface area contributed by atoms with Gasteiger partial charge in [0.15, 0.2) is 0 Å². The van der Waals surface area contributed by atoms with Crippen molar-refractivity contribution in [1.29, 1.82) is 0 Å². The van der Waals surface area contributed by atoms with Crippen molar-refractivity contribution in [2.45, 2.75) is 26.2 Å². The molecule has 7 heteroatoms. The number of rotatable bonds is 7. The highest BCUT2D eigenvalue weighted by atomic mass is 16.5. The summed E-state index contributed by atoms with van der Waals surface area (Å²) in [6.07, 6.45) is 5.52. The second-order valence-corrected chi connectivity index (χ2v) is 6.63. The molecule has 0 unspecified atom stereocenters. The van der Waals surface area contributed by atoms with E-state index in [1.807, 2.05) is 61.8 Å². The minimum absolute atomic E-state index is 0.0746. The predicted molar refractivity (Wildman–Crippen MR) is 105 cm³/mol. The van der Waals surface area contributed by atoms with E-state index in [0.29, 0.717) is 18.3 Å². The number of benzene rings is 1. The average molecular weight is 375 g/mol. The number of fused-ring (bicyclic) bond motifs is 1. The molecule has 0 spiro atoms. The Bertz CT molecular complexity index is 1100. The Morgan fingerprint density at radius 3 is 2.93 bits per heavy atom. The van der Waals surface area contributed by atoms with Gasteiger partial charge in [-0.3, -0.25) is 4.79 Å². The fourth-order valence-electron chi connectivity index (χ4n) is 3.12. The topological polar surface area (TPSA) is 85.3 Å². The Kier molecular flexibility index (Phi) is 5.14. The summed E-state index contributed by atoms with van der Waals surface area (Å²) in [5, 5.41) is 6.88. The van der Waals surface area contributed by atoms with Crippen LogP contribution in [-0.4, -0.2) is 32.0 Å². The van der Waals surface area contributed by atoms with Crippen LogP contribution in [0.4, 0.5) is 0 Å². The van der Waals surface area contributed by atoms with Crippen LogP contribution in [0.1, 0.15) is 23.7 Å². The van der Waals surface area contributed by atoms with E-state index >= 15 is 0 Å². The van der Waals surface area contributed by atoms with Crippen molar-refractivity contribution in [3.8, 4) is 11.4 Å². The molecule has 142 valence electrons. The molecular formula is C21H21N5O2. The van der Waals surface area contributed by atoms with Gasteiger partial charge in [0.2, 0.25) is 17.6 Å². The Hall–Kier alpha value is -3.48. The van der Waals surface area contributed by atoms with Crippen molar-refractivity contribution in [3.63, 3.8) is 0 Å². The summed E-state index contributed by atoms with van der Waals surface area (Å²) in [5.41, 5.74) is 3.04. The molecule has 1 aromatic carbocycles. The normalized spacial score (nSPS) is 11.0. The van der Waals surface area contributed by atoms with E-state index in [0.717, 1.165) is 35.3 Å². The van der Waals surface area contributed by atoms with Crippen molar-refractivity contribution in [2.75, 3.05) is 6.54 Å². The number of nitrogens with one attached hydrogen (secondary N) is 1. The molecule has 0 aliphatic carbocycles. The van der Waals surface area contributed by atoms with Gasteiger partial charge in [-0.05, 0) is 31.0 Å². The summed E-state index contributed by atoms with van der Waals surface area (Å²) in [7, 11) is 0. The third-order valence-electron chi connectivity index (χ3n) is 4.58. The largest absolute Gasteiger partial charge is 0.356 e. The number of carbonyl (C=O) groups excluding carboxylic acids is 1. The zero-order valence-corrected chi connectivity index (χ0v) is 15.6. The van der Waals surface area contributed by atoms with Crippen molar-refractivity contribution < 1.29 is 9.32 Å². The smallest absolute Gasteiger partial charge is 0.236 e. The van der Waals surface area contributed by atoms with Gasteiger partial charge < -0.3 is 14.2 Å². The molecule has 1 N–H and O–H groups in total. The molecular weight excluding hydrogens is 354 g/mol. The van der Waals surface area contributed by atoms with Gasteiger partial charge in [-0.15, -0.1) is 0 Å². The van der Waals surface area contributed by atoms with Gasteiger partial charge in [0.25, 0.3) is 0 Å². The summed E-state index contributed by atoms with van der Waals surface area (Å²) in [6, 6.07) is 13.8. The van der Waals surface area contributed by atoms with Crippen LogP contribution >= 0.6 is 0 Å². The van der Waals surface area contributed by atoms with Gasteiger partial charge in [0, 0.05) is 24.7 Å². The fraction of sp³-hybridized carbons (Fsp3) is 0.238. The highest BCUT2D eigenvalue weighted by Gasteiger charge is 2.13. The lowest BCUT2D eigenvalue weighted by molar-refractivity contribution is -0.120. The fourth-order valence-corrected chi connectivity index (χ4v) is 3.12. The minimum atomic E-state index is -0.132. The Labute approximate surface area is 162 Å². The molecule has 0 aliphatic rings. The highest BCUT2D eigenvalue weighted by molar-refractivity contribution is 5.77. The van der Waals surface area contributed by atoms with Crippen molar-refractivity contribution in [1.82, 2.24) is 24.8 Å². The summed E-state index contributed by atoms with van der Waals surface area (Å²) in [6.45, 7) is 2.56. The van der Waals surface area contributed by atoms with Crippen molar-refractivity contribution in [2.24, 2.45) is 0 Å². The Morgan fingerprint density at radius 1 is 1.18 bits per heavy atom. The molecule has 0 saturated heterocycles. The molecule has 3 aromatic heterocycles. The van der Waals surface area contributed by atoms with E-state index in [1.165, 1.54) is 0 Å². The predicted octanol–water partition coefficient (Wildman–Crippen LogP) is 2.98. The van der Waals surface area contributed by atoms with Crippen LogP contribution in [0.25, 0.3) is 16.9 Å². The van der Waals surface area contributed by atoms with E-state index in [9.17, 15) is 4.79 Å². The first-order chi connectivity index (χ1) is 13.7. The van der Waals surface area contributed by atoms with E-state index < -0.39 is 0 Å². The minimum Gasteiger partial charge on any atom is -0.356 e. The summed E-state index contributed by atoms with van der Waals surface area (Å²) in [4.78, 5) is 20.9. The van der Waals surface area contributed by atoms with Gasteiger partial charge in [0.1, 0.15) is 12.2 Å². The molecule has 1 amide bonds. The molecule has 0 bridgehead atoms. The number of carbonyl (C=O) groups is 1. The first-order valence-corrected chi connectivity index (χ1v) is 9.27. The molecule has 7 nitrogen and oxygen atoms in total. The Balaban J connectivity index is 1.27. The second-order valence-electron chi connectivity index (χ2n) is 6.63. The number of aryl methyl sites for hydroxylation is 2. The molecule has 4 rings (SSSR count). The van der Waals surface area contributed by atoms with Gasteiger partial charge >= 0.3 is 0 Å². The maximum Gasteiger partial charge on any atom is 0.236 e. The molecule has 0 radical (unpaired) electrons. The Morgan fingerprint density at radius 2 is 2.04 bits per heavy atom. The number of pyridine rings is 1. The number of aromatic nitrogens is 4. The van der Waals surface area contributed by atoms with Gasteiger partial charge in [-0.1, -0.05) is 35.5 Å². The number of nitrogens with zero attached hydrogens (tertiary/aromatic N) is 4. The molecule has 0 atom stereocenters. The third-order valence-corrected chi connectivity index (χ3v) is 4.58. The van der Waals surface area contributed by atoms with Gasteiger partial charge in [-0.25, -0.2) is 4.98 Å². The van der Waals surface area contributed by atoms with Crippen LogP contribution in [0, 0.1) is 6.92 Å². The standard InChI is InChI=1S/C21H21N5O2/c1-15-7-2-3-9-17(15)21-24-20(28-25-21)13-19(27)22-11-6-10-18-23-14-16-8-4-5-12-26(16)18/h2-5,7-9,12,14H,6,10-11,13H2,1H3,(H,22,27). The van der Waals surface area contributed by atoms with Gasteiger partial charge in [-0.2, -0.15) is 4.98 Å². The lowest BCUT2D eigenvalue weighted by Crippen LogP contribution is -2.26. The number of amides is 1. The molecule has 28 heavy (non-hydrogen) atoms. The average Bonchev–Trinajstić information content (AvgIpc) is 3.33. The van der Waals surface area contributed by atoms with Crippen LogP contribution in [0.3, 0.4) is 0 Å². The zero-order chi connectivity index (χ0) is 19.3. The SMILES string of the molecule is Cc1ccccc1-c1noc(CC(=O)NCCCc2ncc3ccccn23)n1. The molecule has 0 saturated carbocycles. The lowest BCUT2D eigenvalue weighted by atomic mass is 10.1. The number of imidazole rings is 1. The first kappa shape index (κ1) is 17.9. The van der Waals surface area contributed by atoms with Crippen LogP contribution in [0.15, 0.2) is 59.4 Å². The van der Waals surface area contributed by atoms with Crippen molar-refractivity contribution >= 4 is 11.4 Å².